The largest absolute Gasteiger partial charge is 0.385 e. The van der Waals surface area contributed by atoms with E-state index in [9.17, 15) is 0 Å². The Labute approximate surface area is 92.5 Å². The number of nitrogens with zero attached hydrogens (tertiary/aromatic N) is 2. The van der Waals surface area contributed by atoms with Gasteiger partial charge in [0.2, 0.25) is 0 Å². The Bertz CT molecular complexity index is 286. The molecule has 0 fully saturated rings. The molecule has 0 aliphatic carbocycles. The van der Waals surface area contributed by atoms with Gasteiger partial charge in [0.05, 0.1) is 5.69 Å². The summed E-state index contributed by atoms with van der Waals surface area (Å²) in [6.45, 7) is 7.30. The molecule has 1 N–H and O–H groups in total. The van der Waals surface area contributed by atoms with Crippen LogP contribution in [0.3, 0.4) is 0 Å². The predicted molar refractivity (Wildman–Crippen MR) is 65.0 cm³/mol. The van der Waals surface area contributed by atoms with Crippen molar-refractivity contribution in [1.82, 2.24) is 9.88 Å². The van der Waals surface area contributed by atoms with Gasteiger partial charge in [0.25, 0.3) is 0 Å². The highest BCUT2D eigenvalue weighted by atomic mass is 15.1. The smallest absolute Gasteiger partial charge is 0.0564 e. The van der Waals surface area contributed by atoms with Gasteiger partial charge in [-0.1, -0.05) is 13.8 Å². The molecule has 3 nitrogen and oxygen atoms in total. The van der Waals surface area contributed by atoms with Gasteiger partial charge in [-0.3, -0.25) is 4.98 Å². The maximum absolute atomic E-state index is 4.35. The lowest BCUT2D eigenvalue weighted by molar-refractivity contribution is 0.341. The van der Waals surface area contributed by atoms with Crippen molar-refractivity contribution in [3.8, 4) is 0 Å². The normalized spacial score (nSPS) is 10.7. The number of hydrogen-bond donors (Lipinski definition) is 1. The maximum Gasteiger partial charge on any atom is 0.0564 e. The Morgan fingerprint density at radius 3 is 2.87 bits per heavy atom. The molecule has 0 saturated carbocycles. The lowest BCUT2D eigenvalue weighted by atomic mass is 10.3. The first-order chi connectivity index (χ1) is 7.26. The summed E-state index contributed by atoms with van der Waals surface area (Å²) in [6, 6.07) is 4.15. The molecular formula is C12H21N3. The molecule has 1 aromatic rings. The minimum Gasteiger partial charge on any atom is -0.385 e. The van der Waals surface area contributed by atoms with Gasteiger partial charge in [-0.25, -0.2) is 0 Å². The number of rotatable bonds is 6. The summed E-state index contributed by atoms with van der Waals surface area (Å²) >= 11 is 0. The molecule has 3 heteroatoms. The van der Waals surface area contributed by atoms with E-state index in [1.54, 1.807) is 0 Å². The van der Waals surface area contributed by atoms with E-state index in [0.717, 1.165) is 31.7 Å². The number of aromatic nitrogens is 1. The van der Waals surface area contributed by atoms with E-state index in [2.05, 4.69) is 42.2 Å². The SMILES string of the molecule is CCCNc1ccnc(CN(C)CC)c1. The van der Waals surface area contributed by atoms with Gasteiger partial charge >= 0.3 is 0 Å². The molecule has 1 aromatic heterocycles. The molecule has 1 rings (SSSR count). The van der Waals surface area contributed by atoms with Crippen molar-refractivity contribution in [2.75, 3.05) is 25.5 Å². The molecule has 0 aliphatic heterocycles. The monoisotopic (exact) mass is 207 g/mol. The molecule has 0 unspecified atom stereocenters. The molecule has 0 saturated heterocycles. The van der Waals surface area contributed by atoms with E-state index in [1.807, 2.05) is 12.3 Å². The van der Waals surface area contributed by atoms with Crippen LogP contribution in [0.4, 0.5) is 5.69 Å². The lowest BCUT2D eigenvalue weighted by Crippen LogP contribution is -2.17. The van der Waals surface area contributed by atoms with Crippen molar-refractivity contribution in [3.05, 3.63) is 24.0 Å². The molecule has 0 spiro atoms. The Balaban J connectivity index is 2.57. The van der Waals surface area contributed by atoms with Crippen LogP contribution in [0, 0.1) is 0 Å². The van der Waals surface area contributed by atoms with E-state index in [0.29, 0.717) is 0 Å². The van der Waals surface area contributed by atoms with Crippen LogP contribution in [0.5, 0.6) is 0 Å². The van der Waals surface area contributed by atoms with E-state index in [1.165, 1.54) is 5.69 Å². The number of pyridine rings is 1. The van der Waals surface area contributed by atoms with Crippen molar-refractivity contribution in [3.63, 3.8) is 0 Å². The first kappa shape index (κ1) is 12.0. The molecule has 0 aliphatic rings. The molecule has 84 valence electrons. The standard InChI is InChI=1S/C12H21N3/c1-4-7-13-11-6-8-14-12(9-11)10-15(3)5-2/h6,8-9H,4-5,7,10H2,1-3H3,(H,13,14). The van der Waals surface area contributed by atoms with Crippen molar-refractivity contribution >= 4 is 5.69 Å². The van der Waals surface area contributed by atoms with Gasteiger partial charge in [-0.15, -0.1) is 0 Å². The second-order valence-electron chi connectivity index (χ2n) is 3.79. The van der Waals surface area contributed by atoms with Gasteiger partial charge in [-0.2, -0.15) is 0 Å². The molecule has 0 atom stereocenters. The van der Waals surface area contributed by atoms with Gasteiger partial charge in [0.1, 0.15) is 0 Å². The number of nitrogens with one attached hydrogen (secondary N) is 1. The predicted octanol–water partition coefficient (Wildman–Crippen LogP) is 2.36. The Morgan fingerprint density at radius 2 is 2.20 bits per heavy atom. The first-order valence-electron chi connectivity index (χ1n) is 5.63. The molecule has 0 aromatic carbocycles. The van der Waals surface area contributed by atoms with Crippen molar-refractivity contribution in [2.45, 2.75) is 26.8 Å². The van der Waals surface area contributed by atoms with Gasteiger partial charge in [0, 0.05) is 25.0 Å². The van der Waals surface area contributed by atoms with E-state index < -0.39 is 0 Å². The van der Waals surface area contributed by atoms with Gasteiger partial charge in [0.15, 0.2) is 0 Å². The lowest BCUT2D eigenvalue weighted by Gasteiger charge is -2.13. The average Bonchev–Trinajstić information content (AvgIpc) is 2.26. The summed E-state index contributed by atoms with van der Waals surface area (Å²) < 4.78 is 0. The quantitative estimate of drug-likeness (QED) is 0.776. The molecule has 0 amide bonds. The molecule has 0 radical (unpaired) electrons. The summed E-state index contributed by atoms with van der Waals surface area (Å²) in [6.07, 6.45) is 3.02. The highest BCUT2D eigenvalue weighted by Crippen LogP contribution is 2.09. The van der Waals surface area contributed by atoms with Crippen LogP contribution in [-0.2, 0) is 6.54 Å². The van der Waals surface area contributed by atoms with Crippen LogP contribution in [0.15, 0.2) is 18.3 Å². The van der Waals surface area contributed by atoms with Crippen LogP contribution in [0.2, 0.25) is 0 Å². The zero-order chi connectivity index (χ0) is 11.1. The third kappa shape index (κ3) is 4.30. The van der Waals surface area contributed by atoms with Crippen LogP contribution < -0.4 is 5.32 Å². The van der Waals surface area contributed by atoms with Crippen LogP contribution in [0.1, 0.15) is 26.0 Å². The highest BCUT2D eigenvalue weighted by molar-refractivity contribution is 5.43. The second kappa shape index (κ2) is 6.40. The van der Waals surface area contributed by atoms with Crippen molar-refractivity contribution in [1.29, 1.82) is 0 Å². The van der Waals surface area contributed by atoms with Crippen LogP contribution >= 0.6 is 0 Å². The second-order valence-corrected chi connectivity index (χ2v) is 3.79. The molecule has 0 bridgehead atoms. The summed E-state index contributed by atoms with van der Waals surface area (Å²) in [5.74, 6) is 0. The number of hydrogen-bond acceptors (Lipinski definition) is 3. The van der Waals surface area contributed by atoms with E-state index in [4.69, 9.17) is 0 Å². The minimum absolute atomic E-state index is 0.915. The fourth-order valence-electron chi connectivity index (χ4n) is 1.33. The summed E-state index contributed by atoms with van der Waals surface area (Å²) in [5.41, 5.74) is 2.30. The number of anilines is 1. The first-order valence-corrected chi connectivity index (χ1v) is 5.63. The van der Waals surface area contributed by atoms with E-state index >= 15 is 0 Å². The zero-order valence-corrected chi connectivity index (χ0v) is 9.95. The van der Waals surface area contributed by atoms with Gasteiger partial charge < -0.3 is 10.2 Å². The third-order valence-electron chi connectivity index (χ3n) is 2.37. The van der Waals surface area contributed by atoms with Crippen molar-refractivity contribution < 1.29 is 0 Å². The zero-order valence-electron chi connectivity index (χ0n) is 9.95. The van der Waals surface area contributed by atoms with Crippen LogP contribution in [0.25, 0.3) is 0 Å². The molecule has 15 heavy (non-hydrogen) atoms. The fraction of sp³-hybridized carbons (Fsp3) is 0.583. The summed E-state index contributed by atoms with van der Waals surface area (Å²) in [4.78, 5) is 6.60. The maximum atomic E-state index is 4.35. The van der Waals surface area contributed by atoms with Crippen LogP contribution in [-0.4, -0.2) is 30.0 Å². The summed E-state index contributed by atoms with van der Waals surface area (Å²) in [5, 5.41) is 3.37. The third-order valence-corrected chi connectivity index (χ3v) is 2.37. The van der Waals surface area contributed by atoms with Crippen molar-refractivity contribution in [2.24, 2.45) is 0 Å². The Kier molecular flexibility index (Phi) is 5.12. The molecular weight excluding hydrogens is 186 g/mol. The Hall–Kier alpha value is -1.09. The minimum atomic E-state index is 0.915. The Morgan fingerprint density at radius 1 is 1.40 bits per heavy atom. The van der Waals surface area contributed by atoms with E-state index in [-0.39, 0.29) is 0 Å². The van der Waals surface area contributed by atoms with Gasteiger partial charge in [-0.05, 0) is 32.1 Å². The summed E-state index contributed by atoms with van der Waals surface area (Å²) in [7, 11) is 2.10. The average molecular weight is 207 g/mol. The highest BCUT2D eigenvalue weighted by Gasteiger charge is 2.00. The fourth-order valence-corrected chi connectivity index (χ4v) is 1.33. The molecule has 1 heterocycles. The topological polar surface area (TPSA) is 28.2 Å².